The summed E-state index contributed by atoms with van der Waals surface area (Å²) in [4.78, 5) is 2.20. The maximum Gasteiger partial charge on any atom is 0.0749 e. The molecule has 0 radical (unpaired) electrons. The van der Waals surface area contributed by atoms with Gasteiger partial charge >= 0.3 is 0 Å². The topological polar surface area (TPSA) is 27.0 Å². The Morgan fingerprint density at radius 1 is 1.17 bits per heavy atom. The predicted octanol–water partition coefficient (Wildman–Crippen LogP) is 3.58. The molecule has 0 amide bonds. The molecule has 1 saturated carbocycles. The van der Waals surface area contributed by atoms with Gasteiger partial charge in [0.05, 0.1) is 11.5 Å². The van der Waals surface area contributed by atoms with Crippen molar-refractivity contribution >= 4 is 16.5 Å². The molecule has 18 heavy (non-hydrogen) atoms. The quantitative estimate of drug-likeness (QED) is 0.814. The van der Waals surface area contributed by atoms with Gasteiger partial charge in [0, 0.05) is 19.3 Å². The van der Waals surface area contributed by atoms with E-state index in [4.69, 9.17) is 5.26 Å². The fraction of sp³-hybridized carbons (Fsp3) is 0.312. The van der Waals surface area contributed by atoms with Crippen LogP contribution < -0.4 is 4.90 Å². The summed E-state index contributed by atoms with van der Waals surface area (Å²) in [7, 11) is 2.07. The Morgan fingerprint density at radius 2 is 1.89 bits per heavy atom. The second kappa shape index (κ2) is 4.03. The van der Waals surface area contributed by atoms with Gasteiger partial charge in [0.1, 0.15) is 0 Å². The highest BCUT2D eigenvalue weighted by Crippen LogP contribution is 2.45. The smallest absolute Gasteiger partial charge is 0.0749 e. The molecular weight excluding hydrogens is 220 g/mol. The molecule has 3 rings (SSSR count). The molecule has 90 valence electrons. The molecule has 0 aliphatic heterocycles. The fourth-order valence-electron chi connectivity index (χ4n) is 2.42. The summed E-state index contributed by atoms with van der Waals surface area (Å²) in [6.07, 6.45) is 2.09. The normalized spacial score (nSPS) is 16.2. The van der Waals surface area contributed by atoms with E-state index < -0.39 is 0 Å². The molecule has 2 aromatic carbocycles. The van der Waals surface area contributed by atoms with E-state index in [9.17, 15) is 0 Å². The van der Waals surface area contributed by atoms with Crippen molar-refractivity contribution in [1.29, 1.82) is 5.26 Å². The van der Waals surface area contributed by atoms with Crippen molar-refractivity contribution < 1.29 is 0 Å². The van der Waals surface area contributed by atoms with Crippen LogP contribution in [0.15, 0.2) is 42.5 Å². The second-order valence-corrected chi connectivity index (χ2v) is 5.28. The molecule has 0 atom stereocenters. The van der Waals surface area contributed by atoms with Crippen LogP contribution in [0.3, 0.4) is 0 Å². The Morgan fingerprint density at radius 3 is 2.56 bits per heavy atom. The Labute approximate surface area is 107 Å². The van der Waals surface area contributed by atoms with Crippen LogP contribution in [0, 0.1) is 16.7 Å². The van der Waals surface area contributed by atoms with Crippen molar-refractivity contribution in [2.24, 2.45) is 5.41 Å². The molecule has 0 heterocycles. The lowest BCUT2D eigenvalue weighted by Crippen LogP contribution is -2.25. The van der Waals surface area contributed by atoms with E-state index in [-0.39, 0.29) is 5.41 Å². The van der Waals surface area contributed by atoms with E-state index in [0.29, 0.717) is 0 Å². The van der Waals surface area contributed by atoms with Gasteiger partial charge in [-0.1, -0.05) is 30.3 Å². The van der Waals surface area contributed by atoms with Crippen molar-refractivity contribution in [2.75, 3.05) is 18.5 Å². The first-order valence-electron chi connectivity index (χ1n) is 6.34. The standard InChI is InChI=1S/C16H16N2/c1-18(12-16(11-17)8-9-16)15-7-6-13-4-2-3-5-14(13)10-15/h2-7,10H,8-9,12H2,1H3. The van der Waals surface area contributed by atoms with E-state index in [1.165, 1.54) is 16.5 Å². The number of nitriles is 1. The minimum atomic E-state index is -0.0829. The first-order chi connectivity index (χ1) is 8.72. The van der Waals surface area contributed by atoms with Gasteiger partial charge in [-0.25, -0.2) is 0 Å². The van der Waals surface area contributed by atoms with Gasteiger partial charge in [-0.2, -0.15) is 5.26 Å². The van der Waals surface area contributed by atoms with Crippen molar-refractivity contribution in [3.63, 3.8) is 0 Å². The lowest BCUT2D eigenvalue weighted by molar-refractivity contribution is 0.653. The Balaban J connectivity index is 1.88. The number of rotatable bonds is 3. The average molecular weight is 236 g/mol. The highest BCUT2D eigenvalue weighted by atomic mass is 15.1. The molecule has 0 bridgehead atoms. The molecule has 2 heteroatoms. The molecule has 0 saturated heterocycles. The van der Waals surface area contributed by atoms with Gasteiger partial charge in [-0.05, 0) is 35.7 Å². The largest absolute Gasteiger partial charge is 0.373 e. The van der Waals surface area contributed by atoms with Gasteiger partial charge in [0.2, 0.25) is 0 Å². The van der Waals surface area contributed by atoms with Crippen LogP contribution in [-0.4, -0.2) is 13.6 Å². The maximum atomic E-state index is 9.15. The van der Waals surface area contributed by atoms with Crippen LogP contribution in [0.25, 0.3) is 10.8 Å². The summed E-state index contributed by atoms with van der Waals surface area (Å²) in [6.45, 7) is 0.835. The number of hydrogen-bond acceptors (Lipinski definition) is 2. The Kier molecular flexibility index (Phi) is 2.48. The summed E-state index contributed by atoms with van der Waals surface area (Å²) in [5.41, 5.74) is 1.11. The fourth-order valence-corrected chi connectivity index (χ4v) is 2.42. The van der Waals surface area contributed by atoms with Gasteiger partial charge < -0.3 is 4.90 Å². The lowest BCUT2D eigenvalue weighted by Gasteiger charge is -2.22. The molecule has 0 N–H and O–H groups in total. The third kappa shape index (κ3) is 1.93. The van der Waals surface area contributed by atoms with Crippen molar-refractivity contribution in [3.8, 4) is 6.07 Å². The molecule has 1 aliphatic carbocycles. The van der Waals surface area contributed by atoms with Crippen LogP contribution in [0.2, 0.25) is 0 Å². The van der Waals surface area contributed by atoms with Crippen LogP contribution in [0.5, 0.6) is 0 Å². The van der Waals surface area contributed by atoms with Gasteiger partial charge in [0.25, 0.3) is 0 Å². The van der Waals surface area contributed by atoms with Crippen LogP contribution in [-0.2, 0) is 0 Å². The highest BCUT2D eigenvalue weighted by Gasteiger charge is 2.44. The van der Waals surface area contributed by atoms with Gasteiger partial charge in [0.15, 0.2) is 0 Å². The number of nitrogens with zero attached hydrogens (tertiary/aromatic N) is 2. The second-order valence-electron chi connectivity index (χ2n) is 5.28. The summed E-state index contributed by atoms with van der Waals surface area (Å²) in [6, 6.07) is 17.3. The predicted molar refractivity (Wildman–Crippen MR) is 74.5 cm³/mol. The summed E-state index contributed by atoms with van der Waals surface area (Å²) < 4.78 is 0. The number of fused-ring (bicyclic) bond motifs is 1. The van der Waals surface area contributed by atoms with Gasteiger partial charge in [-0.3, -0.25) is 0 Å². The molecule has 2 aromatic rings. The van der Waals surface area contributed by atoms with Crippen LogP contribution >= 0.6 is 0 Å². The molecular formula is C16H16N2. The summed E-state index contributed by atoms with van der Waals surface area (Å²) in [5.74, 6) is 0. The van der Waals surface area contributed by atoms with E-state index in [1.54, 1.807) is 0 Å². The first kappa shape index (κ1) is 11.1. The SMILES string of the molecule is CN(CC1(C#N)CC1)c1ccc2ccccc2c1. The van der Waals surface area contributed by atoms with Crippen LogP contribution in [0.4, 0.5) is 5.69 Å². The molecule has 0 spiro atoms. The molecule has 1 aliphatic rings. The minimum Gasteiger partial charge on any atom is -0.373 e. The molecule has 2 nitrogen and oxygen atoms in total. The summed E-state index contributed by atoms with van der Waals surface area (Å²) >= 11 is 0. The Hall–Kier alpha value is -2.01. The monoisotopic (exact) mass is 236 g/mol. The third-order valence-corrected chi connectivity index (χ3v) is 3.80. The average Bonchev–Trinajstić information content (AvgIpc) is 3.18. The minimum absolute atomic E-state index is 0.0829. The molecule has 0 unspecified atom stereocenters. The zero-order chi connectivity index (χ0) is 12.6. The van der Waals surface area contributed by atoms with E-state index >= 15 is 0 Å². The lowest BCUT2D eigenvalue weighted by atomic mass is 10.1. The van der Waals surface area contributed by atoms with E-state index in [0.717, 1.165) is 19.4 Å². The zero-order valence-electron chi connectivity index (χ0n) is 10.6. The van der Waals surface area contributed by atoms with Crippen molar-refractivity contribution in [3.05, 3.63) is 42.5 Å². The van der Waals surface area contributed by atoms with Crippen LogP contribution in [0.1, 0.15) is 12.8 Å². The third-order valence-electron chi connectivity index (χ3n) is 3.80. The molecule has 1 fully saturated rings. The molecule has 0 aromatic heterocycles. The van der Waals surface area contributed by atoms with Crippen molar-refractivity contribution in [2.45, 2.75) is 12.8 Å². The van der Waals surface area contributed by atoms with E-state index in [1.807, 2.05) is 0 Å². The first-order valence-corrected chi connectivity index (χ1v) is 6.34. The van der Waals surface area contributed by atoms with Gasteiger partial charge in [-0.15, -0.1) is 0 Å². The highest BCUT2D eigenvalue weighted by molar-refractivity contribution is 5.85. The Bertz CT molecular complexity index is 620. The maximum absolute atomic E-state index is 9.15. The number of anilines is 1. The number of hydrogen-bond donors (Lipinski definition) is 0. The number of benzene rings is 2. The summed E-state index contributed by atoms with van der Waals surface area (Å²) in [5, 5.41) is 11.7. The zero-order valence-corrected chi connectivity index (χ0v) is 10.6. The van der Waals surface area contributed by atoms with Crippen molar-refractivity contribution in [1.82, 2.24) is 0 Å². The van der Waals surface area contributed by atoms with E-state index in [2.05, 4.69) is 60.5 Å².